The van der Waals surface area contributed by atoms with Crippen LogP contribution in [0.1, 0.15) is 24.9 Å². The van der Waals surface area contributed by atoms with E-state index in [2.05, 4.69) is 10.6 Å². The molecule has 0 heterocycles. The van der Waals surface area contributed by atoms with Gasteiger partial charge in [-0.05, 0) is 43.0 Å². The van der Waals surface area contributed by atoms with Gasteiger partial charge in [-0.3, -0.25) is 4.79 Å². The maximum atomic E-state index is 13.2. The molecule has 22 heavy (non-hydrogen) atoms. The molecule has 8 heteroatoms. The van der Waals surface area contributed by atoms with E-state index in [1.165, 1.54) is 17.8 Å². The molecule has 0 aromatic heterocycles. The summed E-state index contributed by atoms with van der Waals surface area (Å²) in [5, 5.41) is 5.02. The molecule has 0 fully saturated rings. The smallest absolute Gasteiger partial charge is 0.312 e. The Bertz CT molecular complexity index is 543. The summed E-state index contributed by atoms with van der Waals surface area (Å²) in [4.78, 5) is 23.1. The molecule has 0 spiro atoms. The van der Waals surface area contributed by atoms with Crippen LogP contribution < -0.4 is 16.4 Å². The van der Waals surface area contributed by atoms with E-state index in [0.717, 1.165) is 12.1 Å². The van der Waals surface area contributed by atoms with E-state index in [9.17, 15) is 18.4 Å². The number of primary amides is 1. The summed E-state index contributed by atoms with van der Waals surface area (Å²) in [5.41, 5.74) is 5.48. The predicted molar refractivity (Wildman–Crippen MR) is 82.4 cm³/mol. The highest BCUT2D eigenvalue weighted by molar-refractivity contribution is 7.98. The molecule has 0 aliphatic carbocycles. The molecule has 0 aliphatic rings. The number of carbonyl (C=O) groups is 2. The first-order valence-electron chi connectivity index (χ1n) is 6.65. The summed E-state index contributed by atoms with van der Waals surface area (Å²) in [5.74, 6) is -1.69. The van der Waals surface area contributed by atoms with Crippen LogP contribution in [0, 0.1) is 11.6 Å². The first-order valence-corrected chi connectivity index (χ1v) is 8.04. The predicted octanol–water partition coefficient (Wildman–Crippen LogP) is 1.93. The Kier molecular flexibility index (Phi) is 7.10. The number of hydrogen-bond acceptors (Lipinski definition) is 3. The Morgan fingerprint density at radius 2 is 1.95 bits per heavy atom. The number of rotatable bonds is 7. The lowest BCUT2D eigenvalue weighted by molar-refractivity contribution is -0.123. The van der Waals surface area contributed by atoms with Gasteiger partial charge in [0.2, 0.25) is 5.91 Å². The van der Waals surface area contributed by atoms with Crippen molar-refractivity contribution in [1.29, 1.82) is 0 Å². The van der Waals surface area contributed by atoms with Gasteiger partial charge in [0.25, 0.3) is 0 Å². The van der Waals surface area contributed by atoms with Crippen LogP contribution in [0.3, 0.4) is 0 Å². The highest BCUT2D eigenvalue weighted by Crippen LogP contribution is 2.16. The lowest BCUT2D eigenvalue weighted by atomic mass is 10.1. The number of nitrogens with two attached hydrogens (primary N) is 1. The van der Waals surface area contributed by atoms with Crippen LogP contribution in [0.4, 0.5) is 13.6 Å². The Morgan fingerprint density at radius 1 is 1.27 bits per heavy atom. The molecule has 122 valence electrons. The van der Waals surface area contributed by atoms with Crippen LogP contribution in [-0.2, 0) is 4.79 Å². The van der Waals surface area contributed by atoms with Crippen LogP contribution in [0.25, 0.3) is 0 Å². The van der Waals surface area contributed by atoms with E-state index in [1.807, 2.05) is 6.26 Å². The van der Waals surface area contributed by atoms with Gasteiger partial charge in [-0.2, -0.15) is 11.8 Å². The van der Waals surface area contributed by atoms with Gasteiger partial charge < -0.3 is 16.4 Å². The van der Waals surface area contributed by atoms with E-state index in [-0.39, 0.29) is 0 Å². The lowest BCUT2D eigenvalue weighted by Crippen LogP contribution is -2.49. The zero-order valence-corrected chi connectivity index (χ0v) is 13.2. The van der Waals surface area contributed by atoms with Crippen molar-refractivity contribution in [1.82, 2.24) is 10.6 Å². The van der Waals surface area contributed by atoms with Crippen LogP contribution in [0.5, 0.6) is 0 Å². The van der Waals surface area contributed by atoms with E-state index in [1.54, 1.807) is 6.92 Å². The molecule has 2 atom stereocenters. The van der Waals surface area contributed by atoms with Crippen molar-refractivity contribution in [2.75, 3.05) is 12.0 Å². The number of carbonyl (C=O) groups excluding carboxylic acids is 2. The minimum absolute atomic E-state index is 0.417. The van der Waals surface area contributed by atoms with Crippen molar-refractivity contribution in [3.8, 4) is 0 Å². The molecule has 1 aromatic carbocycles. The summed E-state index contributed by atoms with van der Waals surface area (Å²) >= 11 is 1.53. The minimum atomic E-state index is -0.979. The van der Waals surface area contributed by atoms with Crippen LogP contribution in [0.2, 0.25) is 0 Å². The highest BCUT2D eigenvalue weighted by atomic mass is 32.2. The fourth-order valence-electron chi connectivity index (χ4n) is 1.86. The van der Waals surface area contributed by atoms with Gasteiger partial charge in [-0.15, -0.1) is 0 Å². The third-order valence-corrected chi connectivity index (χ3v) is 3.69. The van der Waals surface area contributed by atoms with Crippen molar-refractivity contribution in [2.24, 2.45) is 5.73 Å². The highest BCUT2D eigenvalue weighted by Gasteiger charge is 2.21. The van der Waals surface area contributed by atoms with Crippen molar-refractivity contribution < 1.29 is 18.4 Å². The van der Waals surface area contributed by atoms with Crippen LogP contribution in [0.15, 0.2) is 18.2 Å². The molecule has 0 saturated heterocycles. The summed E-state index contributed by atoms with van der Waals surface area (Å²) in [6.07, 6.45) is 2.30. The van der Waals surface area contributed by atoms with Gasteiger partial charge >= 0.3 is 6.03 Å². The number of hydrogen-bond donors (Lipinski definition) is 3. The average molecular weight is 331 g/mol. The van der Waals surface area contributed by atoms with Gasteiger partial charge in [0, 0.05) is 0 Å². The Labute approximate surface area is 132 Å². The second kappa shape index (κ2) is 8.57. The summed E-state index contributed by atoms with van der Waals surface area (Å²) in [6.45, 7) is 1.64. The van der Waals surface area contributed by atoms with Crippen molar-refractivity contribution in [2.45, 2.75) is 25.4 Å². The molecule has 1 aromatic rings. The third kappa shape index (κ3) is 5.51. The molecule has 0 saturated carbocycles. The van der Waals surface area contributed by atoms with Crippen LogP contribution in [-0.4, -0.2) is 30.0 Å². The fraction of sp³-hybridized carbons (Fsp3) is 0.429. The molecule has 1 rings (SSSR count). The Morgan fingerprint density at radius 3 is 2.50 bits per heavy atom. The number of urea groups is 1. The molecule has 4 N–H and O–H groups in total. The zero-order valence-electron chi connectivity index (χ0n) is 12.4. The van der Waals surface area contributed by atoms with E-state index in [4.69, 9.17) is 5.73 Å². The van der Waals surface area contributed by atoms with Crippen molar-refractivity contribution >= 4 is 23.7 Å². The first kappa shape index (κ1) is 18.2. The largest absolute Gasteiger partial charge is 0.352 e. The van der Waals surface area contributed by atoms with Gasteiger partial charge in [-0.1, -0.05) is 6.07 Å². The number of benzene rings is 1. The Hall–Kier alpha value is -1.83. The lowest BCUT2D eigenvalue weighted by Gasteiger charge is -2.20. The quantitative estimate of drug-likeness (QED) is 0.714. The van der Waals surface area contributed by atoms with Crippen LogP contribution >= 0.6 is 11.8 Å². The number of amides is 3. The van der Waals surface area contributed by atoms with Crippen molar-refractivity contribution in [3.63, 3.8) is 0 Å². The molecule has 3 amide bonds. The first-order chi connectivity index (χ1) is 10.3. The average Bonchev–Trinajstić information content (AvgIpc) is 2.45. The van der Waals surface area contributed by atoms with E-state index >= 15 is 0 Å². The standard InChI is InChI=1S/C14H19F2N3O2S/c1-8(9-3-4-10(15)11(16)7-9)18-13(20)12(5-6-22-2)19-14(17)21/h3-4,7-8,12H,5-6H2,1-2H3,(H,18,20)(H3,17,19,21). The maximum absolute atomic E-state index is 13.2. The summed E-state index contributed by atoms with van der Waals surface area (Å²) < 4.78 is 26.1. The van der Waals surface area contributed by atoms with Gasteiger partial charge in [0.05, 0.1) is 6.04 Å². The normalized spacial score (nSPS) is 13.3. The fourth-order valence-corrected chi connectivity index (χ4v) is 2.33. The third-order valence-electron chi connectivity index (χ3n) is 3.05. The molecular weight excluding hydrogens is 312 g/mol. The second-order valence-corrected chi connectivity index (χ2v) is 5.73. The molecule has 5 nitrogen and oxygen atoms in total. The second-order valence-electron chi connectivity index (χ2n) is 4.75. The Balaban J connectivity index is 2.73. The topological polar surface area (TPSA) is 84.2 Å². The SMILES string of the molecule is CSCCC(NC(N)=O)C(=O)NC(C)c1ccc(F)c(F)c1. The zero-order chi connectivity index (χ0) is 16.7. The van der Waals surface area contributed by atoms with E-state index in [0.29, 0.717) is 17.7 Å². The monoisotopic (exact) mass is 331 g/mol. The van der Waals surface area contributed by atoms with Gasteiger partial charge in [-0.25, -0.2) is 13.6 Å². The number of nitrogens with one attached hydrogen (secondary N) is 2. The maximum Gasteiger partial charge on any atom is 0.312 e. The molecule has 0 radical (unpaired) electrons. The molecule has 0 aliphatic heterocycles. The minimum Gasteiger partial charge on any atom is -0.352 e. The van der Waals surface area contributed by atoms with Gasteiger partial charge in [0.15, 0.2) is 11.6 Å². The molecular formula is C14H19F2N3O2S. The molecule has 0 bridgehead atoms. The van der Waals surface area contributed by atoms with Crippen molar-refractivity contribution in [3.05, 3.63) is 35.4 Å². The van der Waals surface area contributed by atoms with E-state index < -0.39 is 35.7 Å². The number of thioether (sulfide) groups is 1. The van der Waals surface area contributed by atoms with Gasteiger partial charge in [0.1, 0.15) is 6.04 Å². The number of halogens is 2. The summed E-state index contributed by atoms with van der Waals surface area (Å²) in [6, 6.07) is 1.33. The molecule has 2 unspecified atom stereocenters. The summed E-state index contributed by atoms with van der Waals surface area (Å²) in [7, 11) is 0.